The molecule has 2 aromatic carbocycles. The van der Waals surface area contributed by atoms with Gasteiger partial charge in [0.15, 0.2) is 10.5 Å². The molecule has 0 bridgehead atoms. The van der Waals surface area contributed by atoms with Crippen LogP contribution in [-0.4, -0.2) is 29.6 Å². The summed E-state index contributed by atoms with van der Waals surface area (Å²) in [5.74, 6) is -0.0326. The van der Waals surface area contributed by atoms with E-state index in [1.165, 1.54) is 7.11 Å². The molecule has 0 saturated heterocycles. The van der Waals surface area contributed by atoms with Gasteiger partial charge in [-0.1, -0.05) is 25.1 Å². The lowest BCUT2D eigenvalue weighted by Gasteiger charge is -2.13. The van der Waals surface area contributed by atoms with Crippen LogP contribution in [0.25, 0.3) is 11.0 Å². The van der Waals surface area contributed by atoms with Crippen molar-refractivity contribution in [3.05, 3.63) is 68.9 Å². The molecule has 0 aliphatic heterocycles. The van der Waals surface area contributed by atoms with E-state index in [0.29, 0.717) is 46.5 Å². The van der Waals surface area contributed by atoms with Crippen molar-refractivity contribution in [1.29, 1.82) is 0 Å². The van der Waals surface area contributed by atoms with Gasteiger partial charge >= 0.3 is 5.97 Å². The van der Waals surface area contributed by atoms with Crippen LogP contribution in [0.2, 0.25) is 0 Å². The summed E-state index contributed by atoms with van der Waals surface area (Å²) in [7, 11) is -0.0134. The van der Waals surface area contributed by atoms with Gasteiger partial charge in [-0.3, -0.25) is 9.00 Å². The van der Waals surface area contributed by atoms with Crippen molar-refractivity contribution < 1.29 is 18.2 Å². The van der Waals surface area contributed by atoms with Crippen molar-refractivity contribution in [2.75, 3.05) is 24.7 Å². The molecule has 0 fully saturated rings. The molecule has 0 radical (unpaired) electrons. The summed E-state index contributed by atoms with van der Waals surface area (Å²) < 4.78 is 23.2. The SMILES string of the molecule is CC[S@](=O)c1oc2c(CCNc3ccccc3C(=O)OC)cc(C)cc2c(=O)c1C. The van der Waals surface area contributed by atoms with E-state index in [4.69, 9.17) is 9.15 Å². The summed E-state index contributed by atoms with van der Waals surface area (Å²) in [6.45, 7) is 5.88. The van der Waals surface area contributed by atoms with Gasteiger partial charge in [-0.15, -0.1) is 0 Å². The van der Waals surface area contributed by atoms with Gasteiger partial charge in [0.05, 0.1) is 28.9 Å². The van der Waals surface area contributed by atoms with Crippen molar-refractivity contribution >= 4 is 33.4 Å². The number of hydrogen-bond donors (Lipinski definition) is 1. The van der Waals surface area contributed by atoms with Crippen LogP contribution in [0.1, 0.15) is 34.0 Å². The first-order valence-corrected chi connectivity index (χ1v) is 11.1. The van der Waals surface area contributed by atoms with E-state index < -0.39 is 16.8 Å². The first kappa shape index (κ1) is 21.8. The second-order valence-corrected chi connectivity index (χ2v) is 8.63. The zero-order chi connectivity index (χ0) is 21.8. The number of methoxy groups -OCH3 is 1. The Morgan fingerprint density at radius 1 is 1.20 bits per heavy atom. The lowest BCUT2D eigenvalue weighted by molar-refractivity contribution is 0.0602. The topological polar surface area (TPSA) is 85.6 Å². The Balaban J connectivity index is 1.95. The monoisotopic (exact) mass is 427 g/mol. The average Bonchev–Trinajstić information content (AvgIpc) is 2.75. The number of anilines is 1. The van der Waals surface area contributed by atoms with Gasteiger partial charge in [0.25, 0.3) is 0 Å². The van der Waals surface area contributed by atoms with E-state index in [1.54, 1.807) is 32.0 Å². The zero-order valence-corrected chi connectivity index (χ0v) is 18.4. The highest BCUT2D eigenvalue weighted by molar-refractivity contribution is 7.84. The second kappa shape index (κ2) is 9.26. The van der Waals surface area contributed by atoms with Crippen molar-refractivity contribution in [1.82, 2.24) is 0 Å². The van der Waals surface area contributed by atoms with Crippen LogP contribution in [-0.2, 0) is 22.0 Å². The smallest absolute Gasteiger partial charge is 0.339 e. The molecule has 0 amide bonds. The number of benzene rings is 2. The number of fused-ring (bicyclic) bond motifs is 1. The highest BCUT2D eigenvalue weighted by atomic mass is 32.2. The Bertz CT molecular complexity index is 1180. The van der Waals surface area contributed by atoms with Gasteiger partial charge in [-0.05, 0) is 49.6 Å². The van der Waals surface area contributed by atoms with E-state index in [1.807, 2.05) is 25.1 Å². The highest BCUT2D eigenvalue weighted by Gasteiger charge is 2.18. The number of aryl methyl sites for hydroxylation is 1. The number of hydrogen-bond acceptors (Lipinski definition) is 6. The molecular weight excluding hydrogens is 402 g/mol. The molecule has 6 nitrogen and oxygen atoms in total. The van der Waals surface area contributed by atoms with Crippen LogP contribution in [0.15, 0.2) is 50.7 Å². The number of carbonyl (C=O) groups is 1. The van der Waals surface area contributed by atoms with E-state index >= 15 is 0 Å². The fraction of sp³-hybridized carbons (Fsp3) is 0.304. The summed E-state index contributed by atoms with van der Waals surface area (Å²) in [4.78, 5) is 24.8. The second-order valence-electron chi connectivity index (χ2n) is 6.99. The van der Waals surface area contributed by atoms with Gasteiger partial charge in [-0.25, -0.2) is 4.79 Å². The van der Waals surface area contributed by atoms with Crippen LogP contribution in [0.5, 0.6) is 0 Å². The third kappa shape index (κ3) is 4.31. The van der Waals surface area contributed by atoms with E-state index in [-0.39, 0.29) is 10.5 Å². The first-order valence-electron chi connectivity index (χ1n) is 9.73. The molecule has 0 saturated carbocycles. The Morgan fingerprint density at radius 2 is 1.93 bits per heavy atom. The predicted octanol–water partition coefficient (Wildman–Crippen LogP) is 3.98. The quantitative estimate of drug-likeness (QED) is 0.574. The predicted molar refractivity (Wildman–Crippen MR) is 119 cm³/mol. The maximum atomic E-state index is 12.9. The first-order chi connectivity index (χ1) is 14.4. The van der Waals surface area contributed by atoms with Crippen LogP contribution >= 0.6 is 0 Å². The molecule has 30 heavy (non-hydrogen) atoms. The number of carbonyl (C=O) groups excluding carboxylic acids is 1. The molecule has 3 aromatic rings. The van der Waals surface area contributed by atoms with Gasteiger partial charge in [-0.2, -0.15) is 0 Å². The lowest BCUT2D eigenvalue weighted by Crippen LogP contribution is -2.14. The molecule has 0 unspecified atom stereocenters. The van der Waals surface area contributed by atoms with Crippen molar-refractivity contribution in [3.8, 4) is 0 Å². The zero-order valence-electron chi connectivity index (χ0n) is 17.5. The third-order valence-electron chi connectivity index (χ3n) is 4.91. The molecular formula is C23H25NO5S. The molecule has 158 valence electrons. The number of rotatable bonds is 7. The van der Waals surface area contributed by atoms with Gasteiger partial charge in [0.2, 0.25) is 0 Å². The van der Waals surface area contributed by atoms with E-state index in [2.05, 4.69) is 5.32 Å². The molecule has 0 spiro atoms. The van der Waals surface area contributed by atoms with Crippen LogP contribution in [0.4, 0.5) is 5.69 Å². The average molecular weight is 428 g/mol. The Hall–Kier alpha value is -2.93. The largest absolute Gasteiger partial charge is 0.465 e. The number of para-hydroxylation sites is 1. The minimum Gasteiger partial charge on any atom is -0.465 e. The molecule has 0 aliphatic carbocycles. The minimum absolute atomic E-state index is 0.151. The van der Waals surface area contributed by atoms with Gasteiger partial charge in [0.1, 0.15) is 5.58 Å². The highest BCUT2D eigenvalue weighted by Crippen LogP contribution is 2.24. The fourth-order valence-corrected chi connectivity index (χ4v) is 4.27. The summed E-state index contributed by atoms with van der Waals surface area (Å²) in [5, 5.41) is 3.99. The fourth-order valence-electron chi connectivity index (χ4n) is 3.39. The molecule has 0 aliphatic rings. The number of ether oxygens (including phenoxy) is 1. The van der Waals surface area contributed by atoms with Crippen LogP contribution in [0.3, 0.4) is 0 Å². The molecule has 3 rings (SSSR count). The molecule has 7 heteroatoms. The number of esters is 1. The molecule has 1 N–H and O–H groups in total. The maximum absolute atomic E-state index is 12.9. The van der Waals surface area contributed by atoms with Crippen molar-refractivity contribution in [2.24, 2.45) is 0 Å². The van der Waals surface area contributed by atoms with Gasteiger partial charge in [0, 0.05) is 23.5 Å². The Kier molecular flexibility index (Phi) is 6.72. The molecule has 1 heterocycles. The summed E-state index contributed by atoms with van der Waals surface area (Å²) in [5.41, 5.74) is 3.63. The standard InChI is InChI=1S/C23H25NO5S/c1-5-30(27)23-15(3)20(25)18-13-14(2)12-16(21(18)29-23)10-11-24-19-9-7-6-8-17(19)22(26)28-4/h6-9,12-13,24H,5,10-11H2,1-4H3/t30-/m0/s1. The van der Waals surface area contributed by atoms with Crippen molar-refractivity contribution in [3.63, 3.8) is 0 Å². The summed E-state index contributed by atoms with van der Waals surface area (Å²) >= 11 is 0. The minimum atomic E-state index is -1.36. The molecule has 1 atom stereocenters. The Morgan fingerprint density at radius 3 is 2.63 bits per heavy atom. The Labute approximate surface area is 177 Å². The maximum Gasteiger partial charge on any atom is 0.339 e. The third-order valence-corrected chi connectivity index (χ3v) is 6.23. The summed E-state index contributed by atoms with van der Waals surface area (Å²) in [6.07, 6.45) is 0.553. The van der Waals surface area contributed by atoms with E-state index in [9.17, 15) is 13.8 Å². The van der Waals surface area contributed by atoms with Crippen molar-refractivity contribution in [2.45, 2.75) is 32.3 Å². The summed E-state index contributed by atoms with van der Waals surface area (Å²) in [6, 6.07) is 10.9. The van der Waals surface area contributed by atoms with Crippen LogP contribution < -0.4 is 10.7 Å². The molecule has 1 aromatic heterocycles. The van der Waals surface area contributed by atoms with Gasteiger partial charge < -0.3 is 14.5 Å². The normalized spacial score (nSPS) is 12.0. The number of nitrogens with one attached hydrogen (secondary N) is 1. The van der Waals surface area contributed by atoms with E-state index in [0.717, 1.165) is 11.1 Å². The van der Waals surface area contributed by atoms with Crippen LogP contribution in [0, 0.1) is 13.8 Å². The lowest BCUT2D eigenvalue weighted by atomic mass is 10.0.